The first kappa shape index (κ1) is 17.2. The van der Waals surface area contributed by atoms with Crippen molar-refractivity contribution in [1.82, 2.24) is 0 Å². The van der Waals surface area contributed by atoms with Gasteiger partial charge in [0.2, 0.25) is 0 Å². The average Bonchev–Trinajstić information content (AvgIpc) is 3.20. The molecule has 25 heavy (non-hydrogen) atoms. The predicted octanol–water partition coefficient (Wildman–Crippen LogP) is 6.85. The fourth-order valence-electron chi connectivity index (χ4n) is 6.79. The standard InChI is InChI=1S/C22H32Si2.Ti/c1-23(2,21-15-13-17-9-5-7-11-19(17)21)24(3,4)22-16-14-18-10-6-8-12-20(18)22;/h13-16H,5-12H2,1-4H3;. The van der Waals surface area contributed by atoms with Crippen LogP contribution in [0, 0.1) is 0 Å². The summed E-state index contributed by atoms with van der Waals surface area (Å²) in [7, 11) is -2.69. The van der Waals surface area contributed by atoms with Crippen molar-refractivity contribution in [2.24, 2.45) is 0 Å². The van der Waals surface area contributed by atoms with E-state index in [0.29, 0.717) is 6.69 Å². The summed E-state index contributed by atoms with van der Waals surface area (Å²) < 4.78 is 1.23. The van der Waals surface area contributed by atoms with E-state index in [0.717, 1.165) is 0 Å². The van der Waals surface area contributed by atoms with Crippen LogP contribution < -0.4 is 0 Å². The van der Waals surface area contributed by atoms with Crippen LogP contribution in [-0.4, -0.2) is 15.2 Å². The molecule has 0 aromatic rings. The monoisotopic (exact) mass is 400 g/mol. The molecule has 2 atom stereocenters. The van der Waals surface area contributed by atoms with Gasteiger partial charge in [-0.3, -0.25) is 0 Å². The molecule has 132 valence electrons. The van der Waals surface area contributed by atoms with E-state index in [1.807, 2.05) is 11.1 Å². The molecule has 0 saturated carbocycles. The minimum absolute atomic E-state index is 0.0561. The number of hydrogen-bond donors (Lipinski definition) is 0. The maximum atomic E-state index is 2.82. The molecule has 2 unspecified atom stereocenters. The third-order valence-corrected chi connectivity index (χ3v) is 40.6. The molecule has 0 nitrogen and oxygen atoms in total. The van der Waals surface area contributed by atoms with Gasteiger partial charge in [0.15, 0.2) is 0 Å². The van der Waals surface area contributed by atoms with Gasteiger partial charge in [-0.25, -0.2) is 0 Å². The fourth-order valence-corrected chi connectivity index (χ4v) is 38.0. The van der Waals surface area contributed by atoms with Crippen LogP contribution in [-0.2, 0) is 19.2 Å². The molecule has 4 aliphatic carbocycles. The van der Waals surface area contributed by atoms with Crippen LogP contribution in [0.5, 0.6) is 0 Å². The maximum absolute atomic E-state index is 2.82. The molecule has 1 saturated heterocycles. The van der Waals surface area contributed by atoms with Crippen molar-refractivity contribution in [2.45, 2.75) is 84.2 Å². The zero-order valence-electron chi connectivity index (χ0n) is 16.5. The van der Waals surface area contributed by atoms with Crippen molar-refractivity contribution >= 4 is 15.2 Å². The van der Waals surface area contributed by atoms with Gasteiger partial charge < -0.3 is 0 Å². The van der Waals surface area contributed by atoms with Gasteiger partial charge in [-0.15, -0.1) is 0 Å². The number of rotatable bonds is 0. The van der Waals surface area contributed by atoms with Crippen LogP contribution >= 0.6 is 0 Å². The van der Waals surface area contributed by atoms with Crippen molar-refractivity contribution in [3.8, 4) is 0 Å². The molecule has 3 heteroatoms. The first-order chi connectivity index (χ1) is 11.9. The third kappa shape index (κ3) is 1.88. The molecule has 0 amide bonds. The Morgan fingerprint density at radius 3 is 1.52 bits per heavy atom. The quantitative estimate of drug-likeness (QED) is 0.390. The molecule has 5 aliphatic rings. The molecule has 1 fully saturated rings. The van der Waals surface area contributed by atoms with Gasteiger partial charge in [-0.1, -0.05) is 0 Å². The first-order valence-corrected chi connectivity index (χ1v) is 19.0. The molecule has 1 heterocycles. The summed E-state index contributed by atoms with van der Waals surface area (Å²) in [6.45, 7) is 11.3. The normalized spacial score (nSPS) is 40.2. The molecule has 0 bridgehead atoms. The summed E-state index contributed by atoms with van der Waals surface area (Å²) in [5.41, 5.74) is 7.53. The van der Waals surface area contributed by atoms with Gasteiger partial charge in [0.05, 0.1) is 0 Å². The van der Waals surface area contributed by atoms with Crippen LogP contribution in [0.1, 0.15) is 51.4 Å². The van der Waals surface area contributed by atoms with E-state index >= 15 is 0 Å². The Bertz CT molecular complexity index is 703. The summed E-state index contributed by atoms with van der Waals surface area (Å²) >= 11 is -0.0561. The van der Waals surface area contributed by atoms with Crippen LogP contribution in [0.3, 0.4) is 0 Å². The molecule has 0 radical (unpaired) electrons. The molecule has 2 spiro atoms. The van der Waals surface area contributed by atoms with Gasteiger partial charge in [0.1, 0.15) is 0 Å². The van der Waals surface area contributed by atoms with Gasteiger partial charge in [-0.05, 0) is 0 Å². The predicted molar refractivity (Wildman–Crippen MR) is 110 cm³/mol. The van der Waals surface area contributed by atoms with Crippen molar-refractivity contribution in [3.05, 3.63) is 46.6 Å². The molecule has 0 aromatic carbocycles. The Hall–Kier alpha value is 0.108. The molecule has 5 rings (SSSR count). The van der Waals surface area contributed by atoms with Crippen LogP contribution in [0.25, 0.3) is 0 Å². The second-order valence-electron chi connectivity index (χ2n) is 10.1. The van der Waals surface area contributed by atoms with E-state index < -0.39 is 15.2 Å². The molecular weight excluding hydrogens is 368 g/mol. The van der Waals surface area contributed by atoms with E-state index in [1.54, 1.807) is 11.1 Å². The summed E-state index contributed by atoms with van der Waals surface area (Å²) in [6.07, 6.45) is 22.3. The fraction of sp³-hybridized carbons (Fsp3) is 0.636. The summed E-state index contributed by atoms with van der Waals surface area (Å²) in [5.74, 6) is 0. The van der Waals surface area contributed by atoms with Gasteiger partial charge in [0.25, 0.3) is 0 Å². The second-order valence-corrected chi connectivity index (χ2v) is 30.1. The SMILES string of the molecule is C[Si]1(C)[C]2(C=CC3=C2CCCC3)[Ti][C]2(C=CC3=C2CCCC3)[Si]1(C)C. The van der Waals surface area contributed by atoms with Crippen LogP contribution in [0.15, 0.2) is 46.6 Å². The van der Waals surface area contributed by atoms with Crippen LogP contribution in [0.2, 0.25) is 32.9 Å². The van der Waals surface area contributed by atoms with Gasteiger partial charge in [0, 0.05) is 0 Å². The number of fused-ring (bicyclic) bond motifs is 2. The zero-order valence-corrected chi connectivity index (χ0v) is 20.0. The Morgan fingerprint density at radius 2 is 1.08 bits per heavy atom. The summed E-state index contributed by atoms with van der Waals surface area (Å²) in [6, 6.07) is 0. The summed E-state index contributed by atoms with van der Waals surface area (Å²) in [5, 5.41) is 0. The van der Waals surface area contributed by atoms with E-state index in [2.05, 4.69) is 50.5 Å². The van der Waals surface area contributed by atoms with Crippen molar-refractivity contribution < 1.29 is 19.2 Å². The second kappa shape index (κ2) is 5.34. The van der Waals surface area contributed by atoms with E-state index in [1.165, 1.54) is 51.4 Å². The average molecular weight is 401 g/mol. The van der Waals surface area contributed by atoms with Gasteiger partial charge >= 0.3 is 165 Å². The minimum atomic E-state index is -1.34. The molecule has 0 aromatic heterocycles. The molecule has 0 N–H and O–H groups in total. The molecule has 1 aliphatic heterocycles. The Labute approximate surface area is 164 Å². The van der Waals surface area contributed by atoms with E-state index in [4.69, 9.17) is 0 Å². The van der Waals surface area contributed by atoms with Crippen molar-refractivity contribution in [2.75, 3.05) is 0 Å². The first-order valence-electron chi connectivity index (χ1n) is 10.5. The van der Waals surface area contributed by atoms with E-state index in [-0.39, 0.29) is 19.2 Å². The Morgan fingerprint density at radius 1 is 0.680 bits per heavy atom. The van der Waals surface area contributed by atoms with Crippen molar-refractivity contribution in [1.29, 1.82) is 0 Å². The van der Waals surface area contributed by atoms with E-state index in [9.17, 15) is 0 Å². The summed E-state index contributed by atoms with van der Waals surface area (Å²) in [4.78, 5) is 0. The topological polar surface area (TPSA) is 0 Å². The Kier molecular flexibility index (Phi) is 3.68. The third-order valence-electron chi connectivity index (χ3n) is 8.97. The van der Waals surface area contributed by atoms with Crippen molar-refractivity contribution in [3.63, 3.8) is 0 Å². The number of allylic oxidation sites excluding steroid dienone is 8. The Balaban J connectivity index is 1.71. The van der Waals surface area contributed by atoms with Crippen LogP contribution in [0.4, 0.5) is 0 Å². The zero-order chi connectivity index (χ0) is 17.5. The number of hydrogen-bond acceptors (Lipinski definition) is 0. The molecular formula is C22H32Si2Ti. The van der Waals surface area contributed by atoms with Gasteiger partial charge in [-0.2, -0.15) is 0 Å².